The lowest BCUT2D eigenvalue weighted by Crippen LogP contribution is -2.11. The van der Waals surface area contributed by atoms with Crippen molar-refractivity contribution in [2.45, 2.75) is 78.1 Å². The molecule has 4 heteroatoms. The summed E-state index contributed by atoms with van der Waals surface area (Å²) in [7, 11) is 0. The van der Waals surface area contributed by atoms with Crippen molar-refractivity contribution in [3.8, 4) is 5.75 Å². The third-order valence-electron chi connectivity index (χ3n) is 4.12. The van der Waals surface area contributed by atoms with Crippen molar-refractivity contribution in [2.75, 3.05) is 5.32 Å². The molecular weight excluding hydrogens is 302 g/mol. The number of carbonyl (C=O) groups excluding carboxylic acids is 2. The fourth-order valence-electron chi connectivity index (χ4n) is 2.79. The molecule has 0 unspecified atom stereocenters. The van der Waals surface area contributed by atoms with E-state index in [0.29, 0.717) is 17.7 Å². The molecule has 4 nitrogen and oxygen atoms in total. The van der Waals surface area contributed by atoms with E-state index >= 15 is 0 Å². The SMILES string of the molecule is CCCCCCCCCCCC(=O)c1cc(O)ccc1NC(C)=O. The molecule has 0 radical (unpaired) electrons. The summed E-state index contributed by atoms with van der Waals surface area (Å²) in [5, 5.41) is 12.2. The van der Waals surface area contributed by atoms with Gasteiger partial charge in [-0.3, -0.25) is 9.59 Å². The molecule has 0 saturated heterocycles. The van der Waals surface area contributed by atoms with Crippen LogP contribution in [0.3, 0.4) is 0 Å². The van der Waals surface area contributed by atoms with Crippen molar-refractivity contribution in [1.82, 2.24) is 0 Å². The van der Waals surface area contributed by atoms with Crippen LogP contribution in [0.25, 0.3) is 0 Å². The van der Waals surface area contributed by atoms with Gasteiger partial charge in [0.15, 0.2) is 5.78 Å². The van der Waals surface area contributed by atoms with Crippen LogP contribution in [0.2, 0.25) is 0 Å². The number of Topliss-reactive ketones (excluding diaryl/α,β-unsaturated/α-hetero) is 1. The van der Waals surface area contributed by atoms with Crippen molar-refractivity contribution < 1.29 is 14.7 Å². The first-order chi connectivity index (χ1) is 11.5. The minimum absolute atomic E-state index is 0.0300. The second-order valence-corrected chi connectivity index (χ2v) is 6.41. The Morgan fingerprint density at radius 3 is 2.12 bits per heavy atom. The van der Waals surface area contributed by atoms with E-state index < -0.39 is 0 Å². The Morgan fingerprint density at radius 2 is 1.54 bits per heavy atom. The van der Waals surface area contributed by atoms with Crippen molar-refractivity contribution in [2.24, 2.45) is 0 Å². The lowest BCUT2D eigenvalue weighted by molar-refractivity contribution is -0.114. The van der Waals surface area contributed by atoms with Gasteiger partial charge in [0, 0.05) is 18.9 Å². The molecule has 1 aromatic carbocycles. The lowest BCUT2D eigenvalue weighted by Gasteiger charge is -2.10. The van der Waals surface area contributed by atoms with Gasteiger partial charge >= 0.3 is 0 Å². The van der Waals surface area contributed by atoms with Crippen LogP contribution in [0.15, 0.2) is 18.2 Å². The molecule has 0 aliphatic rings. The summed E-state index contributed by atoms with van der Waals surface area (Å²) in [6.07, 6.45) is 11.3. The molecule has 134 valence electrons. The zero-order chi connectivity index (χ0) is 17.8. The van der Waals surface area contributed by atoms with Crippen LogP contribution in [0.1, 0.15) is 88.4 Å². The van der Waals surface area contributed by atoms with E-state index in [0.717, 1.165) is 19.3 Å². The number of benzene rings is 1. The van der Waals surface area contributed by atoms with Crippen molar-refractivity contribution in [1.29, 1.82) is 0 Å². The first kappa shape index (κ1) is 20.2. The lowest BCUT2D eigenvalue weighted by atomic mass is 10.0. The summed E-state index contributed by atoms with van der Waals surface area (Å²) >= 11 is 0. The number of anilines is 1. The summed E-state index contributed by atoms with van der Waals surface area (Å²) in [4.78, 5) is 23.6. The maximum absolute atomic E-state index is 12.3. The highest BCUT2D eigenvalue weighted by Gasteiger charge is 2.13. The van der Waals surface area contributed by atoms with Gasteiger partial charge in [-0.15, -0.1) is 0 Å². The Kier molecular flexibility index (Phi) is 9.81. The highest BCUT2D eigenvalue weighted by atomic mass is 16.3. The fourth-order valence-corrected chi connectivity index (χ4v) is 2.79. The van der Waals surface area contributed by atoms with Crippen molar-refractivity contribution in [3.63, 3.8) is 0 Å². The molecule has 0 aliphatic heterocycles. The normalized spacial score (nSPS) is 10.6. The zero-order valence-corrected chi connectivity index (χ0v) is 15.1. The van der Waals surface area contributed by atoms with Crippen LogP contribution in [-0.2, 0) is 4.79 Å². The van der Waals surface area contributed by atoms with Crippen LogP contribution in [0.4, 0.5) is 5.69 Å². The number of nitrogens with one attached hydrogen (secondary N) is 1. The first-order valence-corrected chi connectivity index (χ1v) is 9.18. The molecular formula is C20H31NO3. The monoisotopic (exact) mass is 333 g/mol. The van der Waals surface area contributed by atoms with Crippen LogP contribution < -0.4 is 5.32 Å². The Hall–Kier alpha value is -1.84. The van der Waals surface area contributed by atoms with E-state index in [1.54, 1.807) is 6.07 Å². The highest BCUT2D eigenvalue weighted by Crippen LogP contribution is 2.23. The van der Waals surface area contributed by atoms with Gasteiger partial charge in [-0.05, 0) is 24.6 Å². The number of rotatable bonds is 12. The van der Waals surface area contributed by atoms with E-state index in [2.05, 4.69) is 12.2 Å². The number of amides is 1. The average molecular weight is 333 g/mol. The van der Waals surface area contributed by atoms with Crippen LogP contribution in [0.5, 0.6) is 5.75 Å². The predicted molar refractivity (Wildman–Crippen MR) is 98.6 cm³/mol. The molecule has 0 atom stereocenters. The summed E-state index contributed by atoms with van der Waals surface area (Å²) < 4.78 is 0. The molecule has 2 N–H and O–H groups in total. The number of hydrogen-bond acceptors (Lipinski definition) is 3. The molecule has 0 fully saturated rings. The average Bonchev–Trinajstić information content (AvgIpc) is 2.54. The number of phenols is 1. The molecule has 1 amide bonds. The zero-order valence-electron chi connectivity index (χ0n) is 15.1. The van der Waals surface area contributed by atoms with Crippen LogP contribution in [0, 0.1) is 0 Å². The highest BCUT2D eigenvalue weighted by molar-refractivity contribution is 6.04. The minimum Gasteiger partial charge on any atom is -0.508 e. The smallest absolute Gasteiger partial charge is 0.221 e. The number of carbonyl (C=O) groups is 2. The van der Waals surface area contributed by atoms with Gasteiger partial charge in [0.1, 0.15) is 5.75 Å². The molecule has 1 rings (SSSR count). The second-order valence-electron chi connectivity index (χ2n) is 6.41. The van der Waals surface area contributed by atoms with E-state index in [-0.39, 0.29) is 17.4 Å². The summed E-state index contributed by atoms with van der Waals surface area (Å²) in [6.45, 7) is 3.63. The summed E-state index contributed by atoms with van der Waals surface area (Å²) in [6, 6.07) is 4.47. The topological polar surface area (TPSA) is 66.4 Å². The standard InChI is InChI=1S/C20H31NO3/c1-3-4-5-6-7-8-9-10-11-12-20(24)18-15-17(23)13-14-19(18)21-16(2)22/h13-15,23H,3-12H2,1-2H3,(H,21,22). The minimum atomic E-state index is -0.224. The van der Waals surface area contributed by atoms with Gasteiger partial charge in [0.05, 0.1) is 5.69 Å². The maximum Gasteiger partial charge on any atom is 0.221 e. The summed E-state index contributed by atoms with van der Waals surface area (Å²) in [5.74, 6) is -0.213. The van der Waals surface area contributed by atoms with Gasteiger partial charge < -0.3 is 10.4 Å². The number of phenolic OH excluding ortho intramolecular Hbond substituents is 1. The Morgan fingerprint density at radius 1 is 0.958 bits per heavy atom. The molecule has 1 aromatic rings. The van der Waals surface area contributed by atoms with E-state index in [4.69, 9.17) is 0 Å². The Bertz CT molecular complexity index is 526. The Balaban J connectivity index is 2.32. The quantitative estimate of drug-likeness (QED) is 0.303. The maximum atomic E-state index is 12.3. The van der Waals surface area contributed by atoms with Gasteiger partial charge in [-0.1, -0.05) is 58.3 Å². The molecule has 0 aromatic heterocycles. The van der Waals surface area contributed by atoms with Crippen molar-refractivity contribution >= 4 is 17.4 Å². The molecule has 0 spiro atoms. The number of hydrogen-bond donors (Lipinski definition) is 2. The number of ketones is 1. The van der Waals surface area contributed by atoms with Crippen molar-refractivity contribution in [3.05, 3.63) is 23.8 Å². The predicted octanol–water partition coefficient (Wildman–Crippen LogP) is 5.45. The van der Waals surface area contributed by atoms with Crippen LogP contribution >= 0.6 is 0 Å². The molecule has 0 bridgehead atoms. The van der Waals surface area contributed by atoms with Gasteiger partial charge in [-0.2, -0.15) is 0 Å². The molecule has 0 heterocycles. The van der Waals surface area contributed by atoms with E-state index in [1.165, 1.54) is 57.6 Å². The number of unbranched alkanes of at least 4 members (excludes halogenated alkanes) is 8. The van der Waals surface area contributed by atoms with Gasteiger partial charge in [0.2, 0.25) is 5.91 Å². The third-order valence-corrected chi connectivity index (χ3v) is 4.12. The van der Waals surface area contributed by atoms with E-state index in [9.17, 15) is 14.7 Å². The fraction of sp³-hybridized carbons (Fsp3) is 0.600. The largest absolute Gasteiger partial charge is 0.508 e. The second kappa shape index (κ2) is 11.7. The molecule has 0 aliphatic carbocycles. The molecule has 24 heavy (non-hydrogen) atoms. The third kappa shape index (κ3) is 8.14. The van der Waals surface area contributed by atoms with Gasteiger partial charge in [0.25, 0.3) is 0 Å². The van der Waals surface area contributed by atoms with Crippen LogP contribution in [-0.4, -0.2) is 16.8 Å². The van der Waals surface area contributed by atoms with Gasteiger partial charge in [-0.25, -0.2) is 0 Å². The number of aromatic hydroxyl groups is 1. The summed E-state index contributed by atoms with van der Waals surface area (Å²) in [5.41, 5.74) is 0.867. The molecule has 0 saturated carbocycles. The Labute approximate surface area is 145 Å². The first-order valence-electron chi connectivity index (χ1n) is 9.18. The van der Waals surface area contributed by atoms with E-state index in [1.807, 2.05) is 0 Å².